The number of hydrogen-bond acceptors (Lipinski definition) is 4. The van der Waals surface area contributed by atoms with Crippen molar-refractivity contribution in [3.8, 4) is 17.1 Å². The van der Waals surface area contributed by atoms with Crippen molar-refractivity contribution >= 4 is 29.3 Å². The van der Waals surface area contributed by atoms with Crippen LogP contribution >= 0.6 is 12.2 Å². The molecule has 0 fully saturated rings. The van der Waals surface area contributed by atoms with E-state index in [-0.39, 0.29) is 0 Å². The summed E-state index contributed by atoms with van der Waals surface area (Å²) in [5.74, 6) is 1.37. The van der Waals surface area contributed by atoms with Crippen molar-refractivity contribution in [1.82, 2.24) is 19.9 Å². The standard InChI is InChI=1S/C18H15N5OS/c1-24-14-6-4-5-12(9-14)17-21-22-18(25)23(17)20-11-13-10-19-16-8-3-2-7-15(13)16/h2-11,19H,1H3,(H,22,25)/b20-11-. The van der Waals surface area contributed by atoms with Crippen molar-refractivity contribution in [2.45, 2.75) is 0 Å². The number of para-hydroxylation sites is 1. The SMILES string of the molecule is COc1cccc(-c2n[nH]c(=S)n2/N=C\c2c[nH]c3ccccc23)c1. The van der Waals surface area contributed by atoms with Crippen LogP contribution in [0.15, 0.2) is 59.8 Å². The number of benzene rings is 2. The second kappa shape index (κ2) is 6.37. The van der Waals surface area contributed by atoms with Gasteiger partial charge in [0.05, 0.1) is 13.3 Å². The fourth-order valence-electron chi connectivity index (χ4n) is 2.67. The molecule has 0 aliphatic rings. The summed E-state index contributed by atoms with van der Waals surface area (Å²) in [6, 6.07) is 15.7. The van der Waals surface area contributed by atoms with E-state index in [2.05, 4.69) is 20.3 Å². The van der Waals surface area contributed by atoms with Crippen molar-refractivity contribution in [2.75, 3.05) is 7.11 Å². The van der Waals surface area contributed by atoms with E-state index in [1.807, 2.05) is 54.7 Å². The maximum Gasteiger partial charge on any atom is 0.216 e. The average Bonchev–Trinajstić information content (AvgIpc) is 3.23. The number of nitrogens with zero attached hydrogens (tertiary/aromatic N) is 3. The Hall–Kier alpha value is -3.19. The zero-order valence-corrected chi connectivity index (χ0v) is 14.2. The predicted octanol–water partition coefficient (Wildman–Crippen LogP) is 3.98. The Bertz CT molecular complexity index is 1120. The Morgan fingerprint density at radius 2 is 2.08 bits per heavy atom. The summed E-state index contributed by atoms with van der Waals surface area (Å²) >= 11 is 5.32. The minimum atomic E-state index is 0.425. The second-order valence-electron chi connectivity index (χ2n) is 5.43. The van der Waals surface area contributed by atoms with Crippen molar-refractivity contribution in [3.63, 3.8) is 0 Å². The molecule has 0 aliphatic heterocycles. The number of aromatic nitrogens is 4. The zero-order valence-electron chi connectivity index (χ0n) is 13.4. The van der Waals surface area contributed by atoms with Gasteiger partial charge in [0.2, 0.25) is 4.77 Å². The number of rotatable bonds is 4. The lowest BCUT2D eigenvalue weighted by Crippen LogP contribution is -1.95. The highest BCUT2D eigenvalue weighted by Crippen LogP contribution is 2.22. The van der Waals surface area contributed by atoms with Gasteiger partial charge in [-0.3, -0.25) is 0 Å². The number of hydrogen-bond donors (Lipinski definition) is 2. The zero-order chi connectivity index (χ0) is 17.2. The van der Waals surface area contributed by atoms with E-state index in [9.17, 15) is 0 Å². The third-order valence-corrected chi connectivity index (χ3v) is 4.18. The van der Waals surface area contributed by atoms with E-state index < -0.39 is 0 Å². The second-order valence-corrected chi connectivity index (χ2v) is 5.82. The summed E-state index contributed by atoms with van der Waals surface area (Å²) in [5, 5.41) is 12.7. The summed E-state index contributed by atoms with van der Waals surface area (Å²) < 4.78 is 7.30. The quantitative estimate of drug-likeness (QED) is 0.432. The number of H-pyrrole nitrogens is 2. The molecule has 2 heterocycles. The van der Waals surface area contributed by atoms with Crippen LogP contribution in [-0.2, 0) is 0 Å². The minimum absolute atomic E-state index is 0.425. The summed E-state index contributed by atoms with van der Waals surface area (Å²) in [5.41, 5.74) is 2.91. The van der Waals surface area contributed by atoms with Crippen molar-refractivity contribution in [2.24, 2.45) is 5.10 Å². The van der Waals surface area contributed by atoms with Gasteiger partial charge in [0.25, 0.3) is 0 Å². The third-order valence-electron chi connectivity index (χ3n) is 3.91. The molecule has 124 valence electrons. The first kappa shape index (κ1) is 15.3. The van der Waals surface area contributed by atoms with E-state index in [1.165, 1.54) is 0 Å². The van der Waals surface area contributed by atoms with E-state index in [0.717, 1.165) is 27.8 Å². The molecule has 0 radical (unpaired) electrons. The third kappa shape index (κ3) is 2.85. The van der Waals surface area contributed by atoms with Crippen molar-refractivity contribution in [1.29, 1.82) is 0 Å². The largest absolute Gasteiger partial charge is 0.497 e. The lowest BCUT2D eigenvalue weighted by Gasteiger charge is -2.03. The maximum atomic E-state index is 5.32. The first-order valence-corrected chi connectivity index (χ1v) is 8.09. The number of fused-ring (bicyclic) bond motifs is 1. The number of nitrogens with one attached hydrogen (secondary N) is 2. The van der Waals surface area contributed by atoms with Gasteiger partial charge in [-0.15, -0.1) is 0 Å². The molecule has 4 rings (SSSR count). The monoisotopic (exact) mass is 349 g/mol. The van der Waals surface area contributed by atoms with Gasteiger partial charge in [0.15, 0.2) is 5.82 Å². The lowest BCUT2D eigenvalue weighted by atomic mass is 10.2. The molecule has 7 heteroatoms. The van der Waals surface area contributed by atoms with Crippen LogP contribution in [0.25, 0.3) is 22.3 Å². The molecule has 2 aromatic heterocycles. The molecule has 0 atom stereocenters. The fraction of sp³-hybridized carbons (Fsp3) is 0.0556. The van der Waals surface area contributed by atoms with Crippen molar-refractivity contribution < 1.29 is 4.74 Å². The van der Waals surface area contributed by atoms with Crippen molar-refractivity contribution in [3.05, 3.63) is 65.1 Å². The first-order valence-electron chi connectivity index (χ1n) is 7.68. The first-order chi connectivity index (χ1) is 12.3. The van der Waals surface area contributed by atoms with Crippen LogP contribution in [-0.4, -0.2) is 33.2 Å². The average molecular weight is 349 g/mol. The van der Waals surface area contributed by atoms with E-state index >= 15 is 0 Å². The van der Waals surface area contributed by atoms with Gasteiger partial charge in [0.1, 0.15) is 5.75 Å². The molecule has 0 aliphatic carbocycles. The van der Waals surface area contributed by atoms with Crippen LogP contribution in [0.2, 0.25) is 0 Å². The van der Waals surface area contributed by atoms with Gasteiger partial charge in [-0.1, -0.05) is 30.3 Å². The number of aromatic amines is 2. The van der Waals surface area contributed by atoms with E-state index in [0.29, 0.717) is 10.6 Å². The van der Waals surface area contributed by atoms with Gasteiger partial charge in [-0.25, -0.2) is 5.10 Å². The van der Waals surface area contributed by atoms with Gasteiger partial charge in [-0.2, -0.15) is 14.9 Å². The van der Waals surface area contributed by atoms with Gasteiger partial charge in [-0.05, 0) is 30.4 Å². The molecular formula is C18H15N5OS. The molecule has 25 heavy (non-hydrogen) atoms. The van der Waals surface area contributed by atoms with Crippen LogP contribution in [0.1, 0.15) is 5.56 Å². The summed E-state index contributed by atoms with van der Waals surface area (Å²) in [6.45, 7) is 0. The number of methoxy groups -OCH3 is 1. The normalized spacial score (nSPS) is 11.4. The highest BCUT2D eigenvalue weighted by atomic mass is 32.1. The minimum Gasteiger partial charge on any atom is -0.497 e. The van der Waals surface area contributed by atoms with E-state index in [1.54, 1.807) is 18.0 Å². The van der Waals surface area contributed by atoms with Crippen LogP contribution in [0.3, 0.4) is 0 Å². The van der Waals surface area contributed by atoms with Crippen LogP contribution in [0.5, 0.6) is 5.75 Å². The molecule has 0 saturated carbocycles. The van der Waals surface area contributed by atoms with E-state index in [4.69, 9.17) is 17.0 Å². The van der Waals surface area contributed by atoms with Crippen LogP contribution in [0, 0.1) is 4.77 Å². The highest BCUT2D eigenvalue weighted by molar-refractivity contribution is 7.71. The molecule has 4 aromatic rings. The molecule has 6 nitrogen and oxygen atoms in total. The predicted molar refractivity (Wildman–Crippen MR) is 101 cm³/mol. The van der Waals surface area contributed by atoms with Crippen LogP contribution in [0.4, 0.5) is 0 Å². The summed E-state index contributed by atoms with van der Waals surface area (Å²) in [6.07, 6.45) is 3.69. The Labute approximate surface area is 148 Å². The topological polar surface area (TPSA) is 71.0 Å². The van der Waals surface area contributed by atoms with Gasteiger partial charge in [0, 0.05) is 28.2 Å². The summed E-state index contributed by atoms with van der Waals surface area (Å²) in [4.78, 5) is 3.23. The smallest absolute Gasteiger partial charge is 0.216 e. The Balaban J connectivity index is 1.76. The molecule has 0 bridgehead atoms. The molecule has 0 amide bonds. The fourth-order valence-corrected chi connectivity index (χ4v) is 2.85. The molecule has 0 saturated heterocycles. The molecular weight excluding hydrogens is 334 g/mol. The molecule has 2 aromatic carbocycles. The number of ether oxygens (including phenoxy) is 1. The Morgan fingerprint density at radius 1 is 1.20 bits per heavy atom. The summed E-state index contributed by atoms with van der Waals surface area (Å²) in [7, 11) is 1.63. The lowest BCUT2D eigenvalue weighted by molar-refractivity contribution is 0.415. The van der Waals surface area contributed by atoms with Crippen LogP contribution < -0.4 is 4.74 Å². The molecule has 2 N–H and O–H groups in total. The Morgan fingerprint density at radius 3 is 2.96 bits per heavy atom. The highest BCUT2D eigenvalue weighted by Gasteiger charge is 2.09. The van der Waals surface area contributed by atoms with Gasteiger partial charge >= 0.3 is 0 Å². The molecule has 0 unspecified atom stereocenters. The Kier molecular flexibility index (Phi) is 3.91. The maximum absolute atomic E-state index is 5.32. The molecule has 0 spiro atoms. The van der Waals surface area contributed by atoms with Gasteiger partial charge < -0.3 is 9.72 Å².